The lowest BCUT2D eigenvalue weighted by Crippen LogP contribution is -2.43. The Labute approximate surface area is 212 Å². The summed E-state index contributed by atoms with van der Waals surface area (Å²) in [7, 11) is -3.77. The molecule has 10 heteroatoms. The molecule has 1 atom stereocenters. The Bertz CT molecular complexity index is 1100. The summed E-state index contributed by atoms with van der Waals surface area (Å²) in [4.78, 5) is 16.3. The summed E-state index contributed by atoms with van der Waals surface area (Å²) < 4.78 is 33.6. The number of piperidine rings is 2. The van der Waals surface area contributed by atoms with E-state index in [4.69, 9.17) is 4.52 Å². The molecule has 2 aromatic rings. The predicted octanol–water partition coefficient (Wildman–Crippen LogP) is 3.85. The molecular weight excluding hydrogens is 484 g/mol. The van der Waals surface area contributed by atoms with Crippen molar-refractivity contribution in [2.75, 3.05) is 39.3 Å². The van der Waals surface area contributed by atoms with Gasteiger partial charge in [-0.25, -0.2) is 8.42 Å². The average molecular weight is 521 g/mol. The Morgan fingerprint density at radius 2 is 2.06 bits per heavy atom. The van der Waals surface area contributed by atoms with Gasteiger partial charge in [0.1, 0.15) is 5.69 Å². The highest BCUT2D eigenvalue weighted by molar-refractivity contribution is 7.89. The fourth-order valence-corrected chi connectivity index (χ4v) is 7.32. The molecular formula is C25H36N4O4S2. The van der Waals surface area contributed by atoms with Crippen LogP contribution in [0.3, 0.4) is 0 Å². The second-order valence-corrected chi connectivity index (χ2v) is 12.5. The maximum Gasteiger partial charge on any atom is 0.248 e. The molecule has 0 unspecified atom stereocenters. The Balaban J connectivity index is 1.27. The monoisotopic (exact) mass is 520 g/mol. The van der Waals surface area contributed by atoms with Crippen LogP contribution < -0.4 is 5.32 Å². The van der Waals surface area contributed by atoms with E-state index in [9.17, 15) is 13.2 Å². The van der Waals surface area contributed by atoms with Crippen LogP contribution in [-0.4, -0.2) is 68.0 Å². The van der Waals surface area contributed by atoms with Crippen LogP contribution in [0.15, 0.2) is 26.9 Å². The van der Waals surface area contributed by atoms with Crippen molar-refractivity contribution in [3.63, 3.8) is 0 Å². The third kappa shape index (κ3) is 6.61. The van der Waals surface area contributed by atoms with Gasteiger partial charge >= 0.3 is 0 Å². The van der Waals surface area contributed by atoms with E-state index in [1.54, 1.807) is 24.3 Å². The van der Waals surface area contributed by atoms with E-state index in [0.717, 1.165) is 36.9 Å². The maximum absolute atomic E-state index is 13.4. The van der Waals surface area contributed by atoms with E-state index < -0.39 is 10.0 Å². The number of hydrogen-bond acceptors (Lipinski definition) is 7. The molecule has 2 aliphatic rings. The van der Waals surface area contributed by atoms with Crippen molar-refractivity contribution < 1.29 is 17.7 Å². The molecule has 2 aliphatic heterocycles. The highest BCUT2D eigenvalue weighted by atomic mass is 32.2. The first-order valence-corrected chi connectivity index (χ1v) is 14.8. The first-order chi connectivity index (χ1) is 16.8. The molecule has 1 amide bonds. The van der Waals surface area contributed by atoms with Gasteiger partial charge in [-0.1, -0.05) is 18.1 Å². The molecule has 4 heterocycles. The first kappa shape index (κ1) is 26.1. The van der Waals surface area contributed by atoms with Crippen molar-refractivity contribution in [1.82, 2.24) is 19.7 Å². The molecule has 0 radical (unpaired) electrons. The molecule has 0 saturated carbocycles. The smallest absolute Gasteiger partial charge is 0.248 e. The highest BCUT2D eigenvalue weighted by Crippen LogP contribution is 2.29. The fourth-order valence-electron chi connectivity index (χ4n) is 4.98. The number of nitrogens with one attached hydrogen (secondary N) is 1. The molecule has 2 aromatic heterocycles. The molecule has 0 spiro atoms. The lowest BCUT2D eigenvalue weighted by atomic mass is 9.97. The van der Waals surface area contributed by atoms with E-state index in [2.05, 4.69) is 22.3 Å². The summed E-state index contributed by atoms with van der Waals surface area (Å²) in [6, 6.07) is 3.88. The van der Waals surface area contributed by atoms with E-state index >= 15 is 0 Å². The van der Waals surface area contributed by atoms with Crippen molar-refractivity contribution in [3.8, 4) is 0 Å². The summed E-state index contributed by atoms with van der Waals surface area (Å²) in [5.74, 6) is 0.876. The zero-order valence-corrected chi connectivity index (χ0v) is 22.2. The summed E-state index contributed by atoms with van der Waals surface area (Å²) in [6.45, 7) is 8.55. The van der Waals surface area contributed by atoms with Gasteiger partial charge in [-0.05, 0) is 81.6 Å². The van der Waals surface area contributed by atoms with Crippen molar-refractivity contribution in [2.24, 2.45) is 11.8 Å². The number of nitrogens with zero attached hydrogens (tertiary/aromatic N) is 3. The highest BCUT2D eigenvalue weighted by Gasteiger charge is 2.35. The minimum Gasteiger partial charge on any atom is -0.356 e. The summed E-state index contributed by atoms with van der Waals surface area (Å²) in [5, 5.41) is 8.93. The quantitative estimate of drug-likeness (QED) is 0.505. The van der Waals surface area contributed by atoms with Gasteiger partial charge in [0.2, 0.25) is 15.9 Å². The summed E-state index contributed by atoms with van der Waals surface area (Å²) in [6.07, 6.45) is 8.02. The largest absolute Gasteiger partial charge is 0.356 e. The Morgan fingerprint density at radius 3 is 2.77 bits per heavy atom. The van der Waals surface area contributed by atoms with Gasteiger partial charge < -0.3 is 14.7 Å². The van der Waals surface area contributed by atoms with Crippen molar-refractivity contribution in [1.29, 1.82) is 0 Å². The van der Waals surface area contributed by atoms with Crippen LogP contribution in [0.4, 0.5) is 0 Å². The number of aryl methyl sites for hydroxylation is 1. The number of aromatic nitrogens is 1. The van der Waals surface area contributed by atoms with E-state index in [0.29, 0.717) is 38.2 Å². The van der Waals surface area contributed by atoms with Crippen LogP contribution in [-0.2, 0) is 14.8 Å². The number of amides is 1. The number of thiophene rings is 1. The molecule has 192 valence electrons. The molecule has 0 aliphatic carbocycles. The fraction of sp³-hybridized carbons (Fsp3) is 0.600. The predicted molar refractivity (Wildman–Crippen MR) is 138 cm³/mol. The minimum atomic E-state index is -3.77. The van der Waals surface area contributed by atoms with Crippen LogP contribution in [0.25, 0.3) is 12.2 Å². The number of hydrogen-bond donors (Lipinski definition) is 1. The van der Waals surface area contributed by atoms with Crippen LogP contribution in [0.2, 0.25) is 0 Å². The van der Waals surface area contributed by atoms with Crippen LogP contribution in [0.5, 0.6) is 0 Å². The zero-order valence-electron chi connectivity index (χ0n) is 20.6. The Hall–Kier alpha value is -2.01. The third-order valence-electron chi connectivity index (χ3n) is 6.89. The van der Waals surface area contributed by atoms with Crippen LogP contribution in [0, 0.1) is 18.8 Å². The SMILES string of the molecule is Cc1noc(/C=C/c2cccs2)c1S(=O)(=O)N1CCC(C(=O)NCCCN2CCC[C@@H](C)C2)CC1. The second kappa shape index (κ2) is 11.8. The second-order valence-electron chi connectivity index (χ2n) is 9.68. The van der Waals surface area contributed by atoms with E-state index in [1.165, 1.54) is 17.1 Å². The van der Waals surface area contributed by atoms with E-state index in [-0.39, 0.29) is 22.5 Å². The summed E-state index contributed by atoms with van der Waals surface area (Å²) >= 11 is 1.56. The number of likely N-dealkylation sites (tertiary alicyclic amines) is 1. The normalized spacial score (nSPS) is 21.0. The van der Waals surface area contributed by atoms with Crippen LogP contribution >= 0.6 is 11.3 Å². The summed E-state index contributed by atoms with van der Waals surface area (Å²) in [5.41, 5.74) is 0.346. The average Bonchev–Trinajstić information content (AvgIpc) is 3.50. The number of rotatable bonds is 9. The van der Waals surface area contributed by atoms with Gasteiger partial charge in [0.25, 0.3) is 0 Å². The number of carbonyl (C=O) groups excluding carboxylic acids is 1. The van der Waals surface area contributed by atoms with Gasteiger partial charge in [-0.3, -0.25) is 4.79 Å². The lowest BCUT2D eigenvalue weighted by molar-refractivity contribution is -0.126. The van der Waals surface area contributed by atoms with Gasteiger partial charge in [0, 0.05) is 37.0 Å². The standard InChI is InChI=1S/C25H36N4O4S2/c1-19-6-3-13-28(18-19)14-5-12-26-25(30)21-10-15-29(16-11-21)35(31,32)24-20(2)27-33-23(24)9-8-22-7-4-17-34-22/h4,7-9,17,19,21H,3,5-6,10-16,18H2,1-2H3,(H,26,30)/b9-8+/t19-/m1/s1. The van der Waals surface area contributed by atoms with Gasteiger partial charge in [0.05, 0.1) is 0 Å². The number of sulfonamides is 1. The Kier molecular flexibility index (Phi) is 8.80. The number of carbonyl (C=O) groups is 1. The van der Waals surface area contributed by atoms with Crippen molar-refractivity contribution in [3.05, 3.63) is 33.8 Å². The van der Waals surface area contributed by atoms with Crippen molar-refractivity contribution >= 4 is 39.4 Å². The molecule has 2 saturated heterocycles. The molecule has 0 bridgehead atoms. The van der Waals surface area contributed by atoms with Crippen LogP contribution in [0.1, 0.15) is 55.4 Å². The molecule has 35 heavy (non-hydrogen) atoms. The Morgan fingerprint density at radius 1 is 1.26 bits per heavy atom. The minimum absolute atomic E-state index is 0.0368. The van der Waals surface area contributed by atoms with Crippen molar-refractivity contribution in [2.45, 2.75) is 50.8 Å². The lowest BCUT2D eigenvalue weighted by Gasteiger charge is -2.31. The molecule has 4 rings (SSSR count). The van der Waals surface area contributed by atoms with Gasteiger partial charge in [-0.2, -0.15) is 4.31 Å². The molecule has 0 aromatic carbocycles. The van der Waals surface area contributed by atoms with E-state index in [1.807, 2.05) is 23.6 Å². The third-order valence-corrected chi connectivity index (χ3v) is 9.78. The molecule has 1 N–H and O–H groups in total. The van der Waals surface area contributed by atoms with Gasteiger partial charge in [-0.15, -0.1) is 11.3 Å². The van der Waals surface area contributed by atoms with Gasteiger partial charge in [0.15, 0.2) is 10.7 Å². The molecule has 2 fully saturated rings. The molecule has 8 nitrogen and oxygen atoms in total. The topological polar surface area (TPSA) is 95.8 Å². The first-order valence-electron chi connectivity index (χ1n) is 12.5. The maximum atomic E-state index is 13.4. The zero-order chi connectivity index (χ0) is 24.8.